The van der Waals surface area contributed by atoms with Gasteiger partial charge < -0.3 is 9.72 Å². The Hall–Kier alpha value is -2.66. The molecule has 25 heavy (non-hydrogen) atoms. The number of benzene rings is 2. The maximum absolute atomic E-state index is 12.0. The third-order valence-electron chi connectivity index (χ3n) is 4.20. The van der Waals surface area contributed by atoms with E-state index in [0.717, 1.165) is 33.6 Å². The van der Waals surface area contributed by atoms with Gasteiger partial charge in [0.1, 0.15) is 11.6 Å². The molecule has 1 N–H and O–H groups in total. The molecule has 0 atom stereocenters. The fourth-order valence-corrected chi connectivity index (χ4v) is 3.84. The molecule has 0 radical (unpaired) electrons. The van der Waals surface area contributed by atoms with Gasteiger partial charge in [-0.25, -0.2) is 4.98 Å². The van der Waals surface area contributed by atoms with Gasteiger partial charge >= 0.3 is 5.97 Å². The first-order valence-electron chi connectivity index (χ1n) is 8.35. The van der Waals surface area contributed by atoms with Crippen LogP contribution in [0.1, 0.15) is 23.4 Å². The smallest absolute Gasteiger partial charge is 0.306 e. The van der Waals surface area contributed by atoms with Crippen LogP contribution in [0.5, 0.6) is 0 Å². The van der Waals surface area contributed by atoms with Gasteiger partial charge in [0.2, 0.25) is 0 Å². The van der Waals surface area contributed by atoms with Crippen LogP contribution < -0.4 is 0 Å². The number of nitrogens with zero attached hydrogens (tertiary/aromatic N) is 1. The zero-order valence-electron chi connectivity index (χ0n) is 13.7. The van der Waals surface area contributed by atoms with Gasteiger partial charge in [-0.1, -0.05) is 30.3 Å². The normalized spacial score (nSPS) is 11.2. The summed E-state index contributed by atoms with van der Waals surface area (Å²) >= 11 is 1.57. The van der Waals surface area contributed by atoms with E-state index in [4.69, 9.17) is 4.74 Å². The lowest BCUT2D eigenvalue weighted by Gasteiger charge is -2.02. The zero-order valence-corrected chi connectivity index (χ0v) is 14.5. The molecule has 2 aromatic heterocycles. The van der Waals surface area contributed by atoms with Crippen LogP contribution in [0.15, 0.2) is 54.7 Å². The second-order valence-corrected chi connectivity index (χ2v) is 7.06. The Labute approximate surface area is 149 Å². The first-order chi connectivity index (χ1) is 12.3. The van der Waals surface area contributed by atoms with Crippen LogP contribution >= 0.6 is 11.3 Å². The molecular weight excluding hydrogens is 332 g/mol. The summed E-state index contributed by atoms with van der Waals surface area (Å²) < 4.78 is 6.48. The summed E-state index contributed by atoms with van der Waals surface area (Å²) in [4.78, 5) is 19.7. The molecule has 0 aliphatic heterocycles. The molecule has 4 nitrogen and oxygen atoms in total. The van der Waals surface area contributed by atoms with E-state index in [1.165, 1.54) is 10.9 Å². The average Bonchev–Trinajstić information content (AvgIpc) is 3.24. The number of hydrogen-bond donors (Lipinski definition) is 1. The summed E-state index contributed by atoms with van der Waals surface area (Å²) in [5.74, 6) is -0.168. The maximum atomic E-state index is 12.0. The zero-order chi connectivity index (χ0) is 17.1. The lowest BCUT2D eigenvalue weighted by Crippen LogP contribution is -2.04. The Balaban J connectivity index is 1.27. The summed E-state index contributed by atoms with van der Waals surface area (Å²) in [5.41, 5.74) is 3.34. The average molecular weight is 350 g/mol. The maximum Gasteiger partial charge on any atom is 0.306 e. The first kappa shape index (κ1) is 15.8. The van der Waals surface area contributed by atoms with E-state index in [2.05, 4.69) is 22.1 Å². The molecule has 4 rings (SSSR count). The van der Waals surface area contributed by atoms with E-state index < -0.39 is 0 Å². The van der Waals surface area contributed by atoms with Crippen molar-refractivity contribution in [1.82, 2.24) is 9.97 Å². The third kappa shape index (κ3) is 3.56. The number of carbonyl (C=O) groups excluding carboxylic acids is 1. The highest BCUT2D eigenvalue weighted by Crippen LogP contribution is 2.22. The van der Waals surface area contributed by atoms with E-state index in [1.807, 2.05) is 42.6 Å². The number of aryl methyl sites for hydroxylation is 1. The molecule has 0 aliphatic rings. The predicted octanol–water partition coefficient (Wildman–Crippen LogP) is 4.84. The van der Waals surface area contributed by atoms with Crippen LogP contribution in [0.2, 0.25) is 0 Å². The molecule has 0 saturated carbocycles. The molecule has 0 spiro atoms. The van der Waals surface area contributed by atoms with E-state index in [0.29, 0.717) is 6.42 Å². The number of nitrogens with one attached hydrogen (secondary N) is 1. The molecule has 2 heterocycles. The molecule has 2 aromatic carbocycles. The quantitative estimate of drug-likeness (QED) is 0.506. The highest BCUT2D eigenvalue weighted by molar-refractivity contribution is 7.18. The van der Waals surface area contributed by atoms with Crippen LogP contribution in [0.3, 0.4) is 0 Å². The number of esters is 1. The number of thiazole rings is 1. The minimum Gasteiger partial charge on any atom is -0.458 e. The van der Waals surface area contributed by atoms with Gasteiger partial charge in [0.05, 0.1) is 10.2 Å². The van der Waals surface area contributed by atoms with E-state index in [-0.39, 0.29) is 12.6 Å². The molecule has 0 unspecified atom stereocenters. The summed E-state index contributed by atoms with van der Waals surface area (Å²) in [7, 11) is 0. The molecule has 0 aliphatic carbocycles. The van der Waals surface area contributed by atoms with Gasteiger partial charge in [-0.15, -0.1) is 11.3 Å². The number of fused-ring (bicyclic) bond motifs is 2. The molecule has 4 aromatic rings. The second kappa shape index (κ2) is 7.07. The number of carbonyl (C=O) groups is 1. The van der Waals surface area contributed by atoms with E-state index in [1.54, 1.807) is 11.3 Å². The number of aromatic nitrogens is 2. The molecule has 0 bridgehead atoms. The van der Waals surface area contributed by atoms with Gasteiger partial charge in [-0.2, -0.15) is 0 Å². The van der Waals surface area contributed by atoms with Gasteiger partial charge in [0, 0.05) is 23.5 Å². The Morgan fingerprint density at radius 2 is 1.96 bits per heavy atom. The Kier molecular flexibility index (Phi) is 4.48. The van der Waals surface area contributed by atoms with Crippen molar-refractivity contribution in [1.29, 1.82) is 0 Å². The number of H-pyrrole nitrogens is 1. The van der Waals surface area contributed by atoms with Gasteiger partial charge in [-0.3, -0.25) is 4.79 Å². The minimum atomic E-state index is -0.168. The summed E-state index contributed by atoms with van der Waals surface area (Å²) in [6.45, 7) is 0.255. The second-order valence-electron chi connectivity index (χ2n) is 5.95. The van der Waals surface area contributed by atoms with Crippen LogP contribution in [0.4, 0.5) is 0 Å². The molecule has 0 saturated heterocycles. The highest BCUT2D eigenvalue weighted by atomic mass is 32.1. The van der Waals surface area contributed by atoms with Gasteiger partial charge in [0.15, 0.2) is 0 Å². The van der Waals surface area contributed by atoms with Crippen molar-refractivity contribution in [2.45, 2.75) is 25.9 Å². The summed E-state index contributed by atoms with van der Waals surface area (Å²) in [5, 5.41) is 2.07. The Morgan fingerprint density at radius 1 is 1.12 bits per heavy atom. The molecule has 126 valence electrons. The molecule has 0 amide bonds. The van der Waals surface area contributed by atoms with Crippen LogP contribution in [-0.4, -0.2) is 15.9 Å². The van der Waals surface area contributed by atoms with Crippen molar-refractivity contribution in [3.05, 3.63) is 65.3 Å². The van der Waals surface area contributed by atoms with Gasteiger partial charge in [-0.05, 0) is 36.6 Å². The van der Waals surface area contributed by atoms with Crippen molar-refractivity contribution in [3.63, 3.8) is 0 Å². The predicted molar refractivity (Wildman–Crippen MR) is 101 cm³/mol. The number of ether oxygens (including phenoxy) is 1. The lowest BCUT2D eigenvalue weighted by molar-refractivity contribution is -0.145. The summed E-state index contributed by atoms with van der Waals surface area (Å²) in [6.07, 6.45) is 4.09. The van der Waals surface area contributed by atoms with Crippen LogP contribution in [-0.2, 0) is 22.6 Å². The molecular formula is C20H18N2O2S. The van der Waals surface area contributed by atoms with Crippen molar-refractivity contribution in [2.24, 2.45) is 0 Å². The highest BCUT2D eigenvalue weighted by Gasteiger charge is 2.09. The summed E-state index contributed by atoms with van der Waals surface area (Å²) in [6, 6.07) is 16.2. The van der Waals surface area contributed by atoms with Crippen molar-refractivity contribution >= 4 is 38.4 Å². The minimum absolute atomic E-state index is 0.168. The van der Waals surface area contributed by atoms with Crippen LogP contribution in [0, 0.1) is 0 Å². The topological polar surface area (TPSA) is 55.0 Å². The fourth-order valence-electron chi connectivity index (χ4n) is 2.96. The number of rotatable bonds is 6. The van der Waals surface area contributed by atoms with Crippen molar-refractivity contribution in [2.75, 3.05) is 0 Å². The Bertz CT molecular complexity index is 986. The molecule has 0 fully saturated rings. The fraction of sp³-hybridized carbons (Fsp3) is 0.200. The standard InChI is InChI=1S/C20H18N2O2S/c23-20(24-13-19-22-17-9-3-4-10-18(17)25-19)11-5-6-14-12-21-16-8-2-1-7-15(14)16/h1-4,7-10,12,21H,5-6,11,13H2. The van der Waals surface area contributed by atoms with Gasteiger partial charge in [0.25, 0.3) is 0 Å². The number of hydrogen-bond acceptors (Lipinski definition) is 4. The first-order valence-corrected chi connectivity index (χ1v) is 9.16. The SMILES string of the molecule is O=C(CCCc1c[nH]c2ccccc12)OCc1nc2ccccc2s1. The largest absolute Gasteiger partial charge is 0.458 e. The van der Waals surface area contributed by atoms with Crippen molar-refractivity contribution < 1.29 is 9.53 Å². The number of aromatic amines is 1. The van der Waals surface area contributed by atoms with E-state index >= 15 is 0 Å². The monoisotopic (exact) mass is 350 g/mol. The molecule has 5 heteroatoms. The van der Waals surface area contributed by atoms with E-state index in [9.17, 15) is 4.79 Å². The van der Waals surface area contributed by atoms with Crippen molar-refractivity contribution in [3.8, 4) is 0 Å². The van der Waals surface area contributed by atoms with Crippen LogP contribution in [0.25, 0.3) is 21.1 Å². The number of para-hydroxylation sites is 2. The Morgan fingerprint density at radius 3 is 2.88 bits per heavy atom. The third-order valence-corrected chi connectivity index (χ3v) is 5.21. The lowest BCUT2D eigenvalue weighted by atomic mass is 10.1.